The molecule has 1 atom stereocenters. The van der Waals surface area contributed by atoms with Crippen LogP contribution in [0.2, 0.25) is 0 Å². The van der Waals surface area contributed by atoms with E-state index in [1.165, 1.54) is 6.26 Å². The number of Topliss-reactive ketones (excluding diaryl/α,β-unsaturated/α-hetero) is 1. The molecule has 0 spiro atoms. The monoisotopic (exact) mass is 288 g/mol. The summed E-state index contributed by atoms with van der Waals surface area (Å²) in [5, 5.41) is 0. The summed E-state index contributed by atoms with van der Waals surface area (Å²) in [6, 6.07) is 12.9. The third kappa shape index (κ3) is 4.85. The molecule has 0 aliphatic heterocycles. The lowest BCUT2D eigenvalue weighted by Gasteiger charge is -2.23. The van der Waals surface area contributed by atoms with Gasteiger partial charge in [-0.1, -0.05) is 30.3 Å². The lowest BCUT2D eigenvalue weighted by molar-refractivity contribution is -0.375. The third-order valence-corrected chi connectivity index (χ3v) is 2.75. The molecule has 0 fully saturated rings. The summed E-state index contributed by atoms with van der Waals surface area (Å²) in [6.07, 6.45) is 1.17. The Labute approximate surface area is 124 Å². The molecule has 112 valence electrons. The number of benzene rings is 1. The molecular formula is C17H20O4. The quantitative estimate of drug-likeness (QED) is 0.450. The van der Waals surface area contributed by atoms with E-state index in [-0.39, 0.29) is 12.2 Å². The van der Waals surface area contributed by atoms with Crippen molar-refractivity contribution >= 4 is 5.78 Å². The summed E-state index contributed by atoms with van der Waals surface area (Å²) in [5.41, 5.74) is 0.447. The highest BCUT2D eigenvalue weighted by molar-refractivity contribution is 5.93. The minimum absolute atomic E-state index is 0.119. The number of carbonyl (C=O) groups is 1. The highest BCUT2D eigenvalue weighted by atomic mass is 17.2. The van der Waals surface area contributed by atoms with Crippen molar-refractivity contribution in [2.75, 3.05) is 0 Å². The van der Waals surface area contributed by atoms with Crippen molar-refractivity contribution in [3.05, 3.63) is 60.1 Å². The SMILES string of the molecule is CC(C)(C)OOC(CC(=O)c1ccco1)c1ccccc1. The van der Waals surface area contributed by atoms with Crippen molar-refractivity contribution < 1.29 is 19.0 Å². The zero-order valence-corrected chi connectivity index (χ0v) is 12.5. The summed E-state index contributed by atoms with van der Waals surface area (Å²) < 4.78 is 5.13. The molecule has 1 aromatic heterocycles. The fourth-order valence-electron chi connectivity index (χ4n) is 1.78. The lowest BCUT2D eigenvalue weighted by atomic mass is 10.0. The van der Waals surface area contributed by atoms with E-state index in [0.717, 1.165) is 5.56 Å². The second kappa shape index (κ2) is 6.70. The first-order chi connectivity index (χ1) is 9.96. The van der Waals surface area contributed by atoms with Gasteiger partial charge in [-0.2, -0.15) is 0 Å². The van der Waals surface area contributed by atoms with Crippen molar-refractivity contribution in [3.63, 3.8) is 0 Å². The van der Waals surface area contributed by atoms with Crippen LogP contribution in [0, 0.1) is 0 Å². The first kappa shape index (κ1) is 15.5. The Morgan fingerprint density at radius 3 is 2.43 bits per heavy atom. The molecular weight excluding hydrogens is 268 g/mol. The Hall–Kier alpha value is -1.91. The number of ketones is 1. The van der Waals surface area contributed by atoms with E-state index < -0.39 is 11.7 Å². The van der Waals surface area contributed by atoms with Gasteiger partial charge in [0.2, 0.25) is 5.78 Å². The average molecular weight is 288 g/mol. The molecule has 1 unspecified atom stereocenters. The van der Waals surface area contributed by atoms with Gasteiger partial charge in [0.15, 0.2) is 5.76 Å². The van der Waals surface area contributed by atoms with E-state index in [9.17, 15) is 4.79 Å². The van der Waals surface area contributed by atoms with Gasteiger partial charge in [0.1, 0.15) is 6.10 Å². The van der Waals surface area contributed by atoms with E-state index >= 15 is 0 Å². The molecule has 0 saturated heterocycles. The van der Waals surface area contributed by atoms with Crippen LogP contribution in [0.25, 0.3) is 0 Å². The Morgan fingerprint density at radius 1 is 1.14 bits per heavy atom. The molecule has 0 aliphatic carbocycles. The minimum atomic E-state index is -0.469. The van der Waals surface area contributed by atoms with Crippen LogP contribution in [0.4, 0.5) is 0 Å². The predicted octanol–water partition coefficient (Wildman–Crippen LogP) is 4.34. The number of carbonyl (C=O) groups excluding carboxylic acids is 1. The predicted molar refractivity (Wildman–Crippen MR) is 78.8 cm³/mol. The van der Waals surface area contributed by atoms with Gasteiger partial charge in [-0.05, 0) is 38.5 Å². The first-order valence-corrected chi connectivity index (χ1v) is 6.92. The van der Waals surface area contributed by atoms with Gasteiger partial charge in [-0.15, -0.1) is 0 Å². The number of hydrogen-bond acceptors (Lipinski definition) is 4. The standard InChI is InChI=1S/C17H20O4/c1-17(2,3)21-20-16(13-8-5-4-6-9-13)12-14(18)15-10-7-11-19-15/h4-11,16H,12H2,1-3H3. The summed E-state index contributed by atoms with van der Waals surface area (Å²) >= 11 is 0. The summed E-state index contributed by atoms with van der Waals surface area (Å²) in [6.45, 7) is 5.68. The van der Waals surface area contributed by atoms with Crippen molar-refractivity contribution in [1.29, 1.82) is 0 Å². The van der Waals surface area contributed by atoms with Crippen LogP contribution in [0.1, 0.15) is 49.4 Å². The summed E-state index contributed by atoms with van der Waals surface area (Å²) in [5.74, 6) is 0.210. The summed E-state index contributed by atoms with van der Waals surface area (Å²) in [7, 11) is 0. The zero-order valence-electron chi connectivity index (χ0n) is 12.5. The van der Waals surface area contributed by atoms with E-state index in [1.807, 2.05) is 51.1 Å². The van der Waals surface area contributed by atoms with E-state index in [2.05, 4.69) is 0 Å². The van der Waals surface area contributed by atoms with Gasteiger partial charge >= 0.3 is 0 Å². The van der Waals surface area contributed by atoms with Gasteiger partial charge < -0.3 is 4.42 Å². The molecule has 2 rings (SSSR count). The van der Waals surface area contributed by atoms with Crippen LogP contribution in [0.3, 0.4) is 0 Å². The normalized spacial score (nSPS) is 13.1. The Kier molecular flexibility index (Phi) is 4.94. The van der Waals surface area contributed by atoms with Crippen LogP contribution in [-0.2, 0) is 9.78 Å². The maximum Gasteiger partial charge on any atom is 0.201 e. The largest absolute Gasteiger partial charge is 0.461 e. The van der Waals surface area contributed by atoms with E-state index in [4.69, 9.17) is 14.2 Å². The fourth-order valence-corrected chi connectivity index (χ4v) is 1.78. The molecule has 4 heteroatoms. The molecule has 4 nitrogen and oxygen atoms in total. The van der Waals surface area contributed by atoms with E-state index in [0.29, 0.717) is 5.76 Å². The fraction of sp³-hybridized carbons (Fsp3) is 0.353. The van der Waals surface area contributed by atoms with Crippen molar-refractivity contribution in [3.8, 4) is 0 Å². The van der Waals surface area contributed by atoms with Gasteiger partial charge in [-0.25, -0.2) is 9.78 Å². The minimum Gasteiger partial charge on any atom is -0.461 e. The van der Waals surface area contributed by atoms with Crippen LogP contribution < -0.4 is 0 Å². The average Bonchev–Trinajstić information content (AvgIpc) is 2.97. The maximum atomic E-state index is 12.2. The molecule has 1 heterocycles. The number of furan rings is 1. The van der Waals surface area contributed by atoms with Crippen LogP contribution in [0.15, 0.2) is 53.1 Å². The molecule has 0 radical (unpaired) electrons. The first-order valence-electron chi connectivity index (χ1n) is 6.92. The molecule has 0 N–H and O–H groups in total. The maximum absolute atomic E-state index is 12.2. The molecule has 0 bridgehead atoms. The topological polar surface area (TPSA) is 48.7 Å². The molecule has 0 aliphatic rings. The highest BCUT2D eigenvalue weighted by Crippen LogP contribution is 2.25. The van der Waals surface area contributed by atoms with Crippen molar-refractivity contribution in [2.24, 2.45) is 0 Å². The zero-order chi connectivity index (χ0) is 15.3. The second-order valence-electron chi connectivity index (χ2n) is 5.80. The van der Waals surface area contributed by atoms with E-state index in [1.54, 1.807) is 12.1 Å². The van der Waals surface area contributed by atoms with Crippen molar-refractivity contribution in [2.45, 2.75) is 38.9 Å². The van der Waals surface area contributed by atoms with Crippen molar-refractivity contribution in [1.82, 2.24) is 0 Å². The van der Waals surface area contributed by atoms with Crippen LogP contribution in [-0.4, -0.2) is 11.4 Å². The molecule has 21 heavy (non-hydrogen) atoms. The lowest BCUT2D eigenvalue weighted by Crippen LogP contribution is -2.22. The third-order valence-electron chi connectivity index (χ3n) is 2.75. The second-order valence-corrected chi connectivity index (χ2v) is 5.80. The van der Waals surface area contributed by atoms with Gasteiger partial charge in [0.25, 0.3) is 0 Å². The molecule has 1 aromatic carbocycles. The molecule has 0 saturated carbocycles. The Balaban J connectivity index is 2.10. The number of hydrogen-bond donors (Lipinski definition) is 0. The van der Waals surface area contributed by atoms with Gasteiger partial charge in [-0.3, -0.25) is 4.79 Å². The Bertz CT molecular complexity index is 552. The van der Waals surface area contributed by atoms with Gasteiger partial charge in [0, 0.05) is 6.42 Å². The highest BCUT2D eigenvalue weighted by Gasteiger charge is 2.23. The smallest absolute Gasteiger partial charge is 0.201 e. The van der Waals surface area contributed by atoms with Gasteiger partial charge in [0.05, 0.1) is 11.9 Å². The summed E-state index contributed by atoms with van der Waals surface area (Å²) in [4.78, 5) is 23.1. The van der Waals surface area contributed by atoms with Crippen LogP contribution >= 0.6 is 0 Å². The molecule has 2 aromatic rings. The Morgan fingerprint density at radius 2 is 1.86 bits per heavy atom. The number of rotatable bonds is 6. The van der Waals surface area contributed by atoms with Crippen LogP contribution in [0.5, 0.6) is 0 Å². The molecule has 0 amide bonds.